The van der Waals surface area contributed by atoms with Crippen LogP contribution in [0.25, 0.3) is 0 Å². The van der Waals surface area contributed by atoms with E-state index in [0.717, 1.165) is 38.3 Å². The van der Waals surface area contributed by atoms with Crippen LogP contribution in [0.5, 0.6) is 0 Å². The number of piperazine rings is 1. The second-order valence-corrected chi connectivity index (χ2v) is 6.65. The smallest absolute Gasteiger partial charge is 0.340 e. The van der Waals surface area contributed by atoms with Gasteiger partial charge in [0, 0.05) is 51.0 Å². The number of non-ortho nitro benzene ring substituents is 1. The maximum absolute atomic E-state index is 12.3. The minimum absolute atomic E-state index is 0.0981. The molecular weight excluding hydrogens is 350 g/mol. The molecule has 0 amide bonds. The molecule has 0 aliphatic carbocycles. The molecular formula is C19H29N3O5. The Morgan fingerprint density at radius 1 is 1.33 bits per heavy atom. The molecule has 1 aromatic rings. The molecule has 8 nitrogen and oxygen atoms in total. The number of anilines is 1. The molecule has 0 saturated carbocycles. The Hall–Kier alpha value is -2.19. The van der Waals surface area contributed by atoms with E-state index in [9.17, 15) is 14.9 Å². The quantitative estimate of drug-likeness (QED) is 0.297. The average Bonchev–Trinajstić information content (AvgIpc) is 2.67. The first kappa shape index (κ1) is 21.1. The molecule has 150 valence electrons. The van der Waals surface area contributed by atoms with E-state index in [4.69, 9.17) is 9.47 Å². The third-order valence-corrected chi connectivity index (χ3v) is 5.02. The third kappa shape index (κ3) is 4.95. The molecule has 8 heteroatoms. The lowest BCUT2D eigenvalue weighted by Crippen LogP contribution is -2.54. The van der Waals surface area contributed by atoms with Crippen molar-refractivity contribution in [3.05, 3.63) is 33.4 Å². The number of hydrogen-bond donors (Lipinski definition) is 0. The zero-order valence-electron chi connectivity index (χ0n) is 16.6. The maximum atomic E-state index is 12.3. The first-order valence-electron chi connectivity index (χ1n) is 9.36. The molecule has 1 aliphatic rings. The predicted octanol–water partition coefficient (Wildman–Crippen LogP) is 2.63. The zero-order valence-corrected chi connectivity index (χ0v) is 16.6. The summed E-state index contributed by atoms with van der Waals surface area (Å²) in [5.74, 6) is -0.552. The van der Waals surface area contributed by atoms with Gasteiger partial charge >= 0.3 is 5.97 Å². The Balaban J connectivity index is 2.29. The number of benzene rings is 1. The number of esters is 1. The van der Waals surface area contributed by atoms with Crippen molar-refractivity contribution >= 4 is 17.3 Å². The molecule has 1 saturated heterocycles. The fourth-order valence-corrected chi connectivity index (χ4v) is 3.66. The number of nitrogens with zero attached hydrogens (tertiary/aromatic N) is 3. The molecule has 1 aliphatic heterocycles. The molecule has 0 radical (unpaired) electrons. The number of aryl methyl sites for hydroxylation is 1. The van der Waals surface area contributed by atoms with Crippen molar-refractivity contribution in [1.82, 2.24) is 4.90 Å². The third-order valence-electron chi connectivity index (χ3n) is 5.02. The van der Waals surface area contributed by atoms with E-state index in [2.05, 4.69) is 16.7 Å². The molecule has 0 unspecified atom stereocenters. The van der Waals surface area contributed by atoms with Crippen LogP contribution < -0.4 is 4.90 Å². The molecule has 1 fully saturated rings. The van der Waals surface area contributed by atoms with Crippen LogP contribution in [0, 0.1) is 17.0 Å². The van der Waals surface area contributed by atoms with E-state index < -0.39 is 10.9 Å². The lowest BCUT2D eigenvalue weighted by atomic mass is 10.0. The number of hydrogen-bond acceptors (Lipinski definition) is 7. The summed E-state index contributed by atoms with van der Waals surface area (Å²) in [4.78, 5) is 27.6. The van der Waals surface area contributed by atoms with Crippen LogP contribution in [0.2, 0.25) is 0 Å². The summed E-state index contributed by atoms with van der Waals surface area (Å²) in [5.41, 5.74) is 1.60. The van der Waals surface area contributed by atoms with Gasteiger partial charge in [0.05, 0.1) is 29.9 Å². The SMILES string of the molecule is CCOCCN1CCN(c2c(C)cc([N+](=O)[O-])cc2C(=O)OC)C[C@H]1CC. The fourth-order valence-electron chi connectivity index (χ4n) is 3.66. The predicted molar refractivity (Wildman–Crippen MR) is 104 cm³/mol. The second-order valence-electron chi connectivity index (χ2n) is 6.65. The summed E-state index contributed by atoms with van der Waals surface area (Å²) in [5, 5.41) is 11.2. The number of ether oxygens (including phenoxy) is 2. The minimum atomic E-state index is -0.552. The van der Waals surface area contributed by atoms with Crippen LogP contribution in [0.4, 0.5) is 11.4 Å². The van der Waals surface area contributed by atoms with E-state index in [0.29, 0.717) is 24.8 Å². The summed E-state index contributed by atoms with van der Waals surface area (Å²) in [6, 6.07) is 3.17. The molecule has 2 rings (SSSR count). The van der Waals surface area contributed by atoms with Gasteiger partial charge in [-0.25, -0.2) is 4.79 Å². The van der Waals surface area contributed by atoms with Crippen molar-refractivity contribution in [2.75, 3.05) is 51.4 Å². The number of nitro groups is 1. The fraction of sp³-hybridized carbons (Fsp3) is 0.632. The van der Waals surface area contributed by atoms with Gasteiger partial charge in [0.1, 0.15) is 0 Å². The summed E-state index contributed by atoms with van der Waals surface area (Å²) >= 11 is 0. The van der Waals surface area contributed by atoms with Crippen molar-refractivity contribution in [3.8, 4) is 0 Å². The topological polar surface area (TPSA) is 85.1 Å². The normalized spacial score (nSPS) is 17.8. The van der Waals surface area contributed by atoms with E-state index in [1.54, 1.807) is 6.92 Å². The first-order valence-corrected chi connectivity index (χ1v) is 9.36. The Morgan fingerprint density at radius 2 is 2.07 bits per heavy atom. The number of carbonyl (C=O) groups is 1. The highest BCUT2D eigenvalue weighted by atomic mass is 16.6. The number of nitro benzene ring substituents is 1. The highest BCUT2D eigenvalue weighted by Gasteiger charge is 2.30. The van der Waals surface area contributed by atoms with Crippen LogP contribution >= 0.6 is 0 Å². The Bertz CT molecular complexity index is 680. The van der Waals surface area contributed by atoms with Crippen LogP contribution in [0.1, 0.15) is 36.2 Å². The van der Waals surface area contributed by atoms with Crippen molar-refractivity contribution < 1.29 is 19.2 Å². The Labute approximate surface area is 160 Å². The zero-order chi connectivity index (χ0) is 20.0. The highest BCUT2D eigenvalue weighted by molar-refractivity contribution is 5.97. The van der Waals surface area contributed by atoms with E-state index in [1.807, 2.05) is 6.92 Å². The highest BCUT2D eigenvalue weighted by Crippen LogP contribution is 2.32. The van der Waals surface area contributed by atoms with Crippen LogP contribution in [-0.4, -0.2) is 68.3 Å². The monoisotopic (exact) mass is 379 g/mol. The second kappa shape index (κ2) is 9.66. The van der Waals surface area contributed by atoms with Gasteiger partial charge in [0.15, 0.2) is 0 Å². The number of carbonyl (C=O) groups excluding carboxylic acids is 1. The molecule has 27 heavy (non-hydrogen) atoms. The van der Waals surface area contributed by atoms with Crippen molar-refractivity contribution in [3.63, 3.8) is 0 Å². The molecule has 1 atom stereocenters. The largest absolute Gasteiger partial charge is 0.465 e. The van der Waals surface area contributed by atoms with Gasteiger partial charge in [-0.2, -0.15) is 0 Å². The molecule has 0 bridgehead atoms. The van der Waals surface area contributed by atoms with Crippen molar-refractivity contribution in [2.45, 2.75) is 33.2 Å². The van der Waals surface area contributed by atoms with E-state index >= 15 is 0 Å². The lowest BCUT2D eigenvalue weighted by Gasteiger charge is -2.43. The van der Waals surface area contributed by atoms with Gasteiger partial charge in [0.2, 0.25) is 0 Å². The summed E-state index contributed by atoms with van der Waals surface area (Å²) in [7, 11) is 1.29. The maximum Gasteiger partial charge on any atom is 0.340 e. The van der Waals surface area contributed by atoms with Crippen LogP contribution in [-0.2, 0) is 9.47 Å². The van der Waals surface area contributed by atoms with Gasteiger partial charge in [0.25, 0.3) is 5.69 Å². The lowest BCUT2D eigenvalue weighted by molar-refractivity contribution is -0.384. The number of methoxy groups -OCH3 is 1. The van der Waals surface area contributed by atoms with Gasteiger partial charge in [-0.15, -0.1) is 0 Å². The molecule has 0 spiro atoms. The van der Waals surface area contributed by atoms with Crippen molar-refractivity contribution in [1.29, 1.82) is 0 Å². The summed E-state index contributed by atoms with van der Waals surface area (Å²) in [6.07, 6.45) is 0.974. The van der Waals surface area contributed by atoms with E-state index in [-0.39, 0.29) is 11.3 Å². The van der Waals surface area contributed by atoms with Gasteiger partial charge in [-0.3, -0.25) is 15.0 Å². The van der Waals surface area contributed by atoms with E-state index in [1.165, 1.54) is 19.2 Å². The molecule has 0 aromatic heterocycles. The van der Waals surface area contributed by atoms with Crippen LogP contribution in [0.3, 0.4) is 0 Å². The van der Waals surface area contributed by atoms with Crippen molar-refractivity contribution in [2.24, 2.45) is 0 Å². The summed E-state index contributed by atoms with van der Waals surface area (Å²) in [6.45, 7) is 10.6. The minimum Gasteiger partial charge on any atom is -0.465 e. The number of rotatable bonds is 8. The molecule has 1 aromatic carbocycles. The standard InChI is InChI=1S/C19H29N3O5/c1-5-15-13-21(8-7-20(15)9-10-27-6-2)18-14(3)11-16(22(24)25)12-17(18)19(23)26-4/h11-12,15H,5-10,13H2,1-4H3/t15-/m1/s1. The van der Waals surface area contributed by atoms with Crippen LogP contribution in [0.15, 0.2) is 12.1 Å². The Morgan fingerprint density at radius 3 is 2.67 bits per heavy atom. The molecule has 0 N–H and O–H groups in total. The Kier molecular flexibility index (Phi) is 7.55. The summed E-state index contributed by atoms with van der Waals surface area (Å²) < 4.78 is 10.4. The average molecular weight is 379 g/mol. The van der Waals surface area contributed by atoms with Gasteiger partial charge < -0.3 is 14.4 Å². The van der Waals surface area contributed by atoms with Gasteiger partial charge in [-0.05, 0) is 25.8 Å². The van der Waals surface area contributed by atoms with Gasteiger partial charge in [-0.1, -0.05) is 6.92 Å². The molecule has 1 heterocycles. The first-order chi connectivity index (χ1) is 12.9.